The van der Waals surface area contributed by atoms with Crippen molar-refractivity contribution in [2.45, 2.75) is 125 Å². The van der Waals surface area contributed by atoms with Gasteiger partial charge in [-0.3, -0.25) is 0 Å². The summed E-state index contributed by atoms with van der Waals surface area (Å²) in [5, 5.41) is 13.3. The first-order valence-electron chi connectivity index (χ1n) is 13.5. The third-order valence-electron chi connectivity index (χ3n) is 5.03. The van der Waals surface area contributed by atoms with Crippen LogP contribution >= 0.6 is 0 Å². The van der Waals surface area contributed by atoms with Crippen molar-refractivity contribution in [1.82, 2.24) is 10.6 Å². The maximum atomic E-state index is 11.8. The number of aliphatic carboxylic acids is 1. The molecule has 0 aliphatic carbocycles. The minimum atomic E-state index is -1.06. The van der Waals surface area contributed by atoms with Gasteiger partial charge in [-0.2, -0.15) is 0 Å². The quantitative estimate of drug-likeness (QED) is 0.227. The fourth-order valence-electron chi connectivity index (χ4n) is 2.93. The first kappa shape index (κ1) is 41.9. The first-order valence-corrected chi connectivity index (χ1v) is 13.5. The lowest BCUT2D eigenvalue weighted by Gasteiger charge is -2.30. The van der Waals surface area contributed by atoms with E-state index in [1.807, 2.05) is 20.8 Å². The molecule has 0 heterocycles. The number of alkyl carbamates (subject to hydrolysis) is 2. The van der Waals surface area contributed by atoms with E-state index < -0.39 is 41.8 Å². The summed E-state index contributed by atoms with van der Waals surface area (Å²) >= 11 is 0. The number of carbonyl (C=O) groups excluding carboxylic acids is 3. The smallest absolute Gasteiger partial charge is 0.407 e. The van der Waals surface area contributed by atoms with Gasteiger partial charge in [-0.25, -0.2) is 19.2 Å². The highest BCUT2D eigenvalue weighted by molar-refractivity contribution is 5.82. The van der Waals surface area contributed by atoms with Gasteiger partial charge in [-0.1, -0.05) is 41.5 Å². The fraction of sp³-hybridized carbons (Fsp3) is 0.857. The molecule has 1 unspecified atom stereocenters. The SMILES string of the molecule is CC(C)[C@H](N)C(C)OC(C)(C)C.COC(=O)N[C@H](C(=O)O)C(C)C.COC(=O)N[C@H](C(=O)OC(C)(C)C)C(C)C. The summed E-state index contributed by atoms with van der Waals surface area (Å²) in [5.74, 6) is -1.26. The molecule has 0 rings (SSSR count). The van der Waals surface area contributed by atoms with E-state index in [0.717, 1.165) is 0 Å². The molecule has 40 heavy (non-hydrogen) atoms. The van der Waals surface area contributed by atoms with Crippen molar-refractivity contribution in [1.29, 1.82) is 0 Å². The van der Waals surface area contributed by atoms with Gasteiger partial charge in [0.15, 0.2) is 0 Å². The van der Waals surface area contributed by atoms with Crippen LogP contribution in [-0.4, -0.2) is 78.9 Å². The fourth-order valence-corrected chi connectivity index (χ4v) is 2.93. The summed E-state index contributed by atoms with van der Waals surface area (Å²) in [6.45, 7) is 24.8. The highest BCUT2D eigenvalue weighted by Gasteiger charge is 2.29. The van der Waals surface area contributed by atoms with Gasteiger partial charge in [0.2, 0.25) is 0 Å². The lowest BCUT2D eigenvalue weighted by atomic mass is 10.00. The van der Waals surface area contributed by atoms with Crippen molar-refractivity contribution in [3.8, 4) is 0 Å². The molecule has 5 N–H and O–H groups in total. The Bertz CT molecular complexity index is 757. The lowest BCUT2D eigenvalue weighted by molar-refractivity contribution is -0.158. The van der Waals surface area contributed by atoms with E-state index >= 15 is 0 Å². The van der Waals surface area contributed by atoms with Crippen LogP contribution in [0.2, 0.25) is 0 Å². The van der Waals surface area contributed by atoms with E-state index in [1.165, 1.54) is 14.2 Å². The lowest BCUT2D eigenvalue weighted by Crippen LogP contribution is -2.47. The van der Waals surface area contributed by atoms with Gasteiger partial charge in [-0.15, -0.1) is 0 Å². The van der Waals surface area contributed by atoms with Crippen LogP contribution in [-0.2, 0) is 28.5 Å². The number of carbonyl (C=O) groups is 4. The van der Waals surface area contributed by atoms with Crippen LogP contribution < -0.4 is 16.4 Å². The van der Waals surface area contributed by atoms with Crippen molar-refractivity contribution < 1.29 is 43.2 Å². The summed E-state index contributed by atoms with van der Waals surface area (Å²) in [6.07, 6.45) is -1.23. The number of nitrogens with two attached hydrogens (primary N) is 1. The van der Waals surface area contributed by atoms with Gasteiger partial charge in [0, 0.05) is 6.04 Å². The second-order valence-electron chi connectivity index (χ2n) is 12.3. The largest absolute Gasteiger partial charge is 0.480 e. The Labute approximate surface area is 241 Å². The van der Waals surface area contributed by atoms with Crippen molar-refractivity contribution >= 4 is 24.1 Å². The number of hydrogen-bond donors (Lipinski definition) is 4. The Morgan fingerprint density at radius 1 is 0.675 bits per heavy atom. The minimum absolute atomic E-state index is 0.0612. The number of esters is 1. The van der Waals surface area contributed by atoms with Gasteiger partial charge in [-0.05, 0) is 66.2 Å². The third-order valence-corrected chi connectivity index (χ3v) is 5.03. The van der Waals surface area contributed by atoms with Crippen molar-refractivity contribution in [3.05, 3.63) is 0 Å². The number of rotatable bonds is 9. The second kappa shape index (κ2) is 19.5. The average molecular weight is 580 g/mol. The highest BCUT2D eigenvalue weighted by atomic mass is 16.6. The summed E-state index contributed by atoms with van der Waals surface area (Å²) in [7, 11) is 2.44. The Kier molecular flexibility index (Phi) is 20.4. The molecule has 12 nitrogen and oxygen atoms in total. The summed E-state index contributed by atoms with van der Waals surface area (Å²) in [6, 6.07) is -1.45. The number of carboxylic acids is 1. The van der Waals surface area contributed by atoms with E-state index in [0.29, 0.717) is 5.92 Å². The monoisotopic (exact) mass is 579 g/mol. The van der Waals surface area contributed by atoms with Gasteiger partial charge in [0.05, 0.1) is 25.9 Å². The molecule has 12 heteroatoms. The molecular formula is C28H57N3O9. The third kappa shape index (κ3) is 22.2. The van der Waals surface area contributed by atoms with E-state index in [-0.39, 0.29) is 29.6 Å². The predicted octanol–water partition coefficient (Wildman–Crippen LogP) is 4.33. The summed E-state index contributed by atoms with van der Waals surface area (Å²) in [4.78, 5) is 44.0. The maximum Gasteiger partial charge on any atom is 0.407 e. The Balaban J connectivity index is -0.000000522. The number of hydrogen-bond acceptors (Lipinski definition) is 9. The number of amides is 2. The first-order chi connectivity index (χ1) is 17.9. The zero-order chi connectivity index (χ0) is 32.6. The molecule has 0 saturated carbocycles. The molecule has 0 aliphatic heterocycles. The van der Waals surface area contributed by atoms with Crippen LogP contribution in [0.15, 0.2) is 0 Å². The molecule has 0 fully saturated rings. The molecule has 0 aromatic heterocycles. The maximum absolute atomic E-state index is 11.8. The molecule has 0 aliphatic rings. The van der Waals surface area contributed by atoms with Crippen LogP contribution in [0, 0.1) is 17.8 Å². The van der Waals surface area contributed by atoms with Gasteiger partial charge >= 0.3 is 24.1 Å². The molecule has 4 atom stereocenters. The van der Waals surface area contributed by atoms with Crippen LogP contribution in [0.5, 0.6) is 0 Å². The Morgan fingerprint density at radius 2 is 1.05 bits per heavy atom. The topological polar surface area (TPSA) is 176 Å². The molecule has 238 valence electrons. The molecule has 0 bridgehead atoms. The summed E-state index contributed by atoms with van der Waals surface area (Å²) < 4.78 is 19.7. The van der Waals surface area contributed by atoms with E-state index in [9.17, 15) is 19.2 Å². The Hall–Kier alpha value is -2.60. The molecule has 2 amide bonds. The Morgan fingerprint density at radius 3 is 1.30 bits per heavy atom. The van der Waals surface area contributed by atoms with Crippen molar-refractivity contribution in [2.75, 3.05) is 14.2 Å². The zero-order valence-electron chi connectivity index (χ0n) is 27.3. The molecule has 0 spiro atoms. The zero-order valence-corrected chi connectivity index (χ0v) is 27.3. The predicted molar refractivity (Wildman–Crippen MR) is 155 cm³/mol. The standard InChI is InChI=1S/C11H21NO4.C10H23NO.C7H13NO4/c1-7(2)8(12-10(14)15-6)9(13)16-11(3,4)5;1-7(2)9(11)8(3)12-10(4,5)6;1-4(2)5(6(9)10)8-7(11)12-3/h7-8H,1-6H3,(H,12,14);7-9H,11H2,1-6H3;4-5H,1-3H3,(H,8,11)(H,9,10)/t8-;8?,9-;5-/m000/s1. The molecule has 0 saturated heterocycles. The van der Waals surface area contributed by atoms with Gasteiger partial charge in [0.25, 0.3) is 0 Å². The number of methoxy groups -OCH3 is 2. The van der Waals surface area contributed by atoms with Crippen LogP contribution in [0.25, 0.3) is 0 Å². The normalized spacial score (nSPS) is 14.4. The van der Waals surface area contributed by atoms with E-state index in [1.54, 1.807) is 34.6 Å². The molecule has 0 radical (unpaired) electrons. The van der Waals surface area contributed by atoms with Crippen molar-refractivity contribution in [3.63, 3.8) is 0 Å². The number of carboxylic acid groups (broad SMARTS) is 1. The minimum Gasteiger partial charge on any atom is -0.480 e. The van der Waals surface area contributed by atoms with Gasteiger partial charge < -0.3 is 40.4 Å². The number of nitrogens with one attached hydrogen (secondary N) is 2. The van der Waals surface area contributed by atoms with Crippen LogP contribution in [0.3, 0.4) is 0 Å². The second-order valence-corrected chi connectivity index (χ2v) is 12.3. The molecule has 0 aromatic carbocycles. The van der Waals surface area contributed by atoms with E-state index in [4.69, 9.17) is 20.3 Å². The van der Waals surface area contributed by atoms with Gasteiger partial charge in [0.1, 0.15) is 17.7 Å². The number of ether oxygens (including phenoxy) is 4. The van der Waals surface area contributed by atoms with Crippen LogP contribution in [0.4, 0.5) is 9.59 Å². The van der Waals surface area contributed by atoms with E-state index in [2.05, 4.69) is 54.7 Å². The molecule has 0 aromatic rings. The van der Waals surface area contributed by atoms with Crippen LogP contribution in [0.1, 0.15) is 90.0 Å². The summed E-state index contributed by atoms with van der Waals surface area (Å²) in [5.41, 5.74) is 5.28. The van der Waals surface area contributed by atoms with Crippen molar-refractivity contribution in [2.24, 2.45) is 23.5 Å². The average Bonchev–Trinajstić information content (AvgIpc) is 2.77. The highest BCUT2D eigenvalue weighted by Crippen LogP contribution is 2.15. The molecular weight excluding hydrogens is 522 g/mol.